The van der Waals surface area contributed by atoms with E-state index >= 15 is 0 Å². The Morgan fingerprint density at radius 2 is 2.00 bits per heavy atom. The van der Waals surface area contributed by atoms with E-state index in [1.54, 1.807) is 0 Å². The minimum absolute atomic E-state index is 0.496. The summed E-state index contributed by atoms with van der Waals surface area (Å²) in [6, 6.07) is 13.3. The van der Waals surface area contributed by atoms with Gasteiger partial charge in [-0.25, -0.2) is 0 Å². The first-order valence-corrected chi connectivity index (χ1v) is 7.78. The number of hydrogen-bond donors (Lipinski definition) is 1. The molecule has 0 bridgehead atoms. The van der Waals surface area contributed by atoms with E-state index in [1.807, 2.05) is 17.4 Å². The van der Waals surface area contributed by atoms with Crippen LogP contribution >= 0.6 is 27.3 Å². The third-order valence-electron chi connectivity index (χ3n) is 2.90. The number of thiophene rings is 1. The van der Waals surface area contributed by atoms with E-state index in [2.05, 4.69) is 65.4 Å². The second-order valence-corrected chi connectivity index (χ2v) is 6.82. The first-order valence-electron chi connectivity index (χ1n) is 6.17. The van der Waals surface area contributed by atoms with E-state index in [0.29, 0.717) is 6.04 Å². The minimum atomic E-state index is 0.496. The van der Waals surface area contributed by atoms with Gasteiger partial charge in [0.15, 0.2) is 0 Å². The standard InChI is InChI=1S/C15H18BrNS/c1-11(9-14-8-7-12(2)18-14)17-10-13-5-3-4-6-15(13)16/h3-8,11,17H,9-10H2,1-2H3. The summed E-state index contributed by atoms with van der Waals surface area (Å²) in [5.74, 6) is 0. The topological polar surface area (TPSA) is 12.0 Å². The SMILES string of the molecule is Cc1ccc(CC(C)NCc2ccccc2Br)s1. The largest absolute Gasteiger partial charge is 0.310 e. The first kappa shape index (κ1) is 13.8. The molecule has 1 atom stereocenters. The molecule has 1 unspecified atom stereocenters. The van der Waals surface area contributed by atoms with Crippen LogP contribution in [-0.4, -0.2) is 6.04 Å². The fourth-order valence-electron chi connectivity index (χ4n) is 1.89. The summed E-state index contributed by atoms with van der Waals surface area (Å²) in [5, 5.41) is 3.57. The highest BCUT2D eigenvalue weighted by Gasteiger charge is 2.06. The molecule has 0 amide bonds. The quantitative estimate of drug-likeness (QED) is 0.851. The molecule has 0 saturated heterocycles. The van der Waals surface area contributed by atoms with Crippen molar-refractivity contribution in [3.8, 4) is 0 Å². The summed E-state index contributed by atoms with van der Waals surface area (Å²) in [6.45, 7) is 5.31. The Kier molecular flexibility index (Phi) is 4.98. The Morgan fingerprint density at radius 3 is 2.67 bits per heavy atom. The maximum atomic E-state index is 3.58. The lowest BCUT2D eigenvalue weighted by Gasteiger charge is -2.13. The zero-order chi connectivity index (χ0) is 13.0. The number of halogens is 1. The monoisotopic (exact) mass is 323 g/mol. The highest BCUT2D eigenvalue weighted by Crippen LogP contribution is 2.18. The molecule has 0 spiro atoms. The van der Waals surface area contributed by atoms with Crippen molar-refractivity contribution in [1.29, 1.82) is 0 Å². The molecule has 96 valence electrons. The van der Waals surface area contributed by atoms with E-state index in [1.165, 1.54) is 19.8 Å². The van der Waals surface area contributed by atoms with Gasteiger partial charge in [-0.3, -0.25) is 0 Å². The third-order valence-corrected chi connectivity index (χ3v) is 4.70. The van der Waals surface area contributed by atoms with Crippen LogP contribution in [0.25, 0.3) is 0 Å². The second-order valence-electron chi connectivity index (χ2n) is 4.59. The van der Waals surface area contributed by atoms with Crippen molar-refractivity contribution in [2.24, 2.45) is 0 Å². The molecule has 1 aromatic heterocycles. The van der Waals surface area contributed by atoms with Gasteiger partial charge in [-0.1, -0.05) is 34.1 Å². The molecule has 18 heavy (non-hydrogen) atoms. The highest BCUT2D eigenvalue weighted by atomic mass is 79.9. The summed E-state index contributed by atoms with van der Waals surface area (Å²) in [5.41, 5.74) is 1.31. The van der Waals surface area contributed by atoms with Crippen molar-refractivity contribution < 1.29 is 0 Å². The Labute approximate surface area is 121 Å². The average molecular weight is 324 g/mol. The van der Waals surface area contributed by atoms with Crippen molar-refractivity contribution >= 4 is 27.3 Å². The molecular weight excluding hydrogens is 306 g/mol. The van der Waals surface area contributed by atoms with Crippen LogP contribution in [0.5, 0.6) is 0 Å². The first-order chi connectivity index (χ1) is 8.65. The molecule has 1 nitrogen and oxygen atoms in total. The summed E-state index contributed by atoms with van der Waals surface area (Å²) >= 11 is 5.47. The molecule has 0 radical (unpaired) electrons. The molecule has 0 aliphatic heterocycles. The van der Waals surface area contributed by atoms with Crippen LogP contribution in [0.15, 0.2) is 40.9 Å². The van der Waals surface area contributed by atoms with Crippen molar-refractivity contribution in [2.45, 2.75) is 32.9 Å². The third kappa shape index (κ3) is 3.94. The summed E-state index contributed by atoms with van der Waals surface area (Å²) in [7, 11) is 0. The Balaban J connectivity index is 1.85. The normalized spacial score (nSPS) is 12.6. The molecule has 1 heterocycles. The van der Waals surface area contributed by atoms with Crippen LogP contribution in [0.3, 0.4) is 0 Å². The highest BCUT2D eigenvalue weighted by molar-refractivity contribution is 9.10. The van der Waals surface area contributed by atoms with Crippen molar-refractivity contribution in [3.63, 3.8) is 0 Å². The zero-order valence-corrected chi connectivity index (χ0v) is 13.1. The second kappa shape index (κ2) is 6.50. The van der Waals surface area contributed by atoms with Gasteiger partial charge >= 0.3 is 0 Å². The van der Waals surface area contributed by atoms with Crippen LogP contribution in [0.4, 0.5) is 0 Å². The Hall–Kier alpha value is -0.640. The minimum Gasteiger partial charge on any atom is -0.310 e. The predicted octanol–water partition coefficient (Wildman–Crippen LogP) is 4.54. The molecule has 3 heteroatoms. The predicted molar refractivity (Wildman–Crippen MR) is 83.2 cm³/mol. The Bertz CT molecular complexity index is 507. The number of nitrogens with one attached hydrogen (secondary N) is 1. The van der Waals surface area contributed by atoms with Gasteiger partial charge in [0.05, 0.1) is 0 Å². The van der Waals surface area contributed by atoms with Gasteiger partial charge < -0.3 is 5.32 Å². The van der Waals surface area contributed by atoms with Gasteiger partial charge in [0.25, 0.3) is 0 Å². The van der Waals surface area contributed by atoms with E-state index in [0.717, 1.165) is 13.0 Å². The van der Waals surface area contributed by atoms with Crippen LogP contribution < -0.4 is 5.32 Å². The number of aryl methyl sites for hydroxylation is 1. The summed E-state index contributed by atoms with van der Waals surface area (Å²) in [4.78, 5) is 2.85. The lowest BCUT2D eigenvalue weighted by atomic mass is 10.1. The van der Waals surface area contributed by atoms with Gasteiger partial charge in [-0.15, -0.1) is 11.3 Å². The molecule has 0 saturated carbocycles. The van der Waals surface area contributed by atoms with Gasteiger partial charge in [0.1, 0.15) is 0 Å². The molecular formula is C15H18BrNS. The fraction of sp³-hybridized carbons (Fsp3) is 0.333. The lowest BCUT2D eigenvalue weighted by molar-refractivity contribution is 0.548. The van der Waals surface area contributed by atoms with Crippen LogP contribution in [0.2, 0.25) is 0 Å². The van der Waals surface area contributed by atoms with Crippen molar-refractivity contribution in [3.05, 3.63) is 56.2 Å². The number of rotatable bonds is 5. The molecule has 0 aliphatic carbocycles. The lowest BCUT2D eigenvalue weighted by Crippen LogP contribution is -2.27. The fourth-order valence-corrected chi connectivity index (χ4v) is 3.34. The summed E-state index contributed by atoms with van der Waals surface area (Å²) < 4.78 is 1.18. The molecule has 0 fully saturated rings. The van der Waals surface area contributed by atoms with Gasteiger partial charge in [-0.2, -0.15) is 0 Å². The smallest absolute Gasteiger partial charge is 0.0220 e. The van der Waals surface area contributed by atoms with Crippen LogP contribution in [-0.2, 0) is 13.0 Å². The van der Waals surface area contributed by atoms with Crippen molar-refractivity contribution in [2.75, 3.05) is 0 Å². The maximum Gasteiger partial charge on any atom is 0.0220 e. The van der Waals surface area contributed by atoms with E-state index < -0.39 is 0 Å². The van der Waals surface area contributed by atoms with E-state index in [-0.39, 0.29) is 0 Å². The van der Waals surface area contributed by atoms with Crippen LogP contribution in [0.1, 0.15) is 22.2 Å². The van der Waals surface area contributed by atoms with Gasteiger partial charge in [0.2, 0.25) is 0 Å². The number of benzene rings is 1. The molecule has 2 aromatic rings. The Morgan fingerprint density at radius 1 is 1.22 bits per heavy atom. The molecule has 2 rings (SSSR count). The zero-order valence-electron chi connectivity index (χ0n) is 10.7. The van der Waals surface area contributed by atoms with E-state index in [4.69, 9.17) is 0 Å². The van der Waals surface area contributed by atoms with Gasteiger partial charge in [0, 0.05) is 26.8 Å². The van der Waals surface area contributed by atoms with Gasteiger partial charge in [-0.05, 0) is 44.0 Å². The number of hydrogen-bond acceptors (Lipinski definition) is 2. The maximum absolute atomic E-state index is 3.58. The van der Waals surface area contributed by atoms with Crippen LogP contribution in [0, 0.1) is 6.92 Å². The molecule has 1 aromatic carbocycles. The average Bonchev–Trinajstić information content (AvgIpc) is 2.74. The molecule has 1 N–H and O–H groups in total. The van der Waals surface area contributed by atoms with E-state index in [9.17, 15) is 0 Å². The van der Waals surface area contributed by atoms with Crippen molar-refractivity contribution in [1.82, 2.24) is 5.32 Å². The molecule has 0 aliphatic rings. The summed E-state index contributed by atoms with van der Waals surface area (Å²) in [6.07, 6.45) is 1.10.